The molecule has 0 radical (unpaired) electrons. The van der Waals surface area contributed by atoms with Crippen molar-refractivity contribution in [2.24, 2.45) is 0 Å². The van der Waals surface area contributed by atoms with Crippen molar-refractivity contribution < 1.29 is 14.3 Å². The number of carbonyl (C=O) groups is 1. The van der Waals surface area contributed by atoms with E-state index in [1.54, 1.807) is 0 Å². The van der Waals surface area contributed by atoms with Crippen LogP contribution >= 0.6 is 12.4 Å². The fourth-order valence-electron chi connectivity index (χ4n) is 3.04. The maximum Gasteiger partial charge on any atom is 0.164 e. The van der Waals surface area contributed by atoms with Crippen molar-refractivity contribution >= 4 is 18.2 Å². The number of nitrogens with zero attached hydrogens (tertiary/aromatic N) is 1. The van der Waals surface area contributed by atoms with Gasteiger partial charge in [-0.25, -0.2) is 0 Å². The first-order chi connectivity index (χ1) is 12.3. The number of ketones is 1. The molecular formula is C21H34ClNO3. The molecule has 0 amide bonds. The Morgan fingerprint density at radius 1 is 1.04 bits per heavy atom. The van der Waals surface area contributed by atoms with E-state index in [1.807, 2.05) is 24.3 Å². The molecule has 5 heteroatoms. The van der Waals surface area contributed by atoms with Gasteiger partial charge >= 0.3 is 0 Å². The third kappa shape index (κ3) is 9.02. The van der Waals surface area contributed by atoms with Crippen molar-refractivity contribution in [1.82, 2.24) is 4.90 Å². The van der Waals surface area contributed by atoms with Crippen molar-refractivity contribution in [3.63, 3.8) is 0 Å². The Balaban J connectivity index is 0.00000338. The number of benzene rings is 1. The maximum atomic E-state index is 12.3. The van der Waals surface area contributed by atoms with E-state index in [4.69, 9.17) is 9.47 Å². The second-order valence-corrected chi connectivity index (χ2v) is 6.77. The Morgan fingerprint density at radius 3 is 2.38 bits per heavy atom. The van der Waals surface area contributed by atoms with Crippen LogP contribution < -0.4 is 4.74 Å². The van der Waals surface area contributed by atoms with Gasteiger partial charge in [0.2, 0.25) is 0 Å². The predicted octanol–water partition coefficient (Wildman–Crippen LogP) is 4.75. The fraction of sp³-hybridized carbons (Fsp3) is 0.667. The number of carbonyl (C=O) groups excluding carboxylic acids is 1. The Labute approximate surface area is 164 Å². The second kappa shape index (κ2) is 14.0. The summed E-state index contributed by atoms with van der Waals surface area (Å²) in [6.45, 7) is 7.23. The SMILES string of the molecule is CCCCCCCCOc1ccc(C(=O)CCN2CCOCC2)cc1.Cl. The van der Waals surface area contributed by atoms with Gasteiger partial charge in [0.25, 0.3) is 0 Å². The highest BCUT2D eigenvalue weighted by Crippen LogP contribution is 2.15. The molecule has 1 aromatic carbocycles. The molecule has 0 atom stereocenters. The first-order valence-electron chi connectivity index (χ1n) is 9.85. The van der Waals surface area contributed by atoms with Gasteiger partial charge in [0.05, 0.1) is 19.8 Å². The molecule has 148 valence electrons. The topological polar surface area (TPSA) is 38.8 Å². The summed E-state index contributed by atoms with van der Waals surface area (Å²) in [6.07, 6.45) is 8.15. The van der Waals surface area contributed by atoms with Gasteiger partial charge < -0.3 is 9.47 Å². The first-order valence-corrected chi connectivity index (χ1v) is 9.85. The van der Waals surface area contributed by atoms with Crippen molar-refractivity contribution in [1.29, 1.82) is 0 Å². The molecule has 0 aromatic heterocycles. The fourth-order valence-corrected chi connectivity index (χ4v) is 3.04. The molecule has 0 unspecified atom stereocenters. The summed E-state index contributed by atoms with van der Waals surface area (Å²) in [5.41, 5.74) is 0.778. The summed E-state index contributed by atoms with van der Waals surface area (Å²) in [5, 5.41) is 0. The monoisotopic (exact) mass is 383 g/mol. The summed E-state index contributed by atoms with van der Waals surface area (Å²) >= 11 is 0. The maximum absolute atomic E-state index is 12.3. The van der Waals surface area contributed by atoms with Crippen LogP contribution in [0.5, 0.6) is 5.75 Å². The van der Waals surface area contributed by atoms with Crippen LogP contribution in [0.3, 0.4) is 0 Å². The van der Waals surface area contributed by atoms with Crippen LogP contribution in [0.2, 0.25) is 0 Å². The molecular weight excluding hydrogens is 350 g/mol. The standard InChI is InChI=1S/C21H33NO3.ClH/c1-2-3-4-5-6-7-16-25-20-10-8-19(9-11-20)21(23)12-13-22-14-17-24-18-15-22;/h8-11H,2-7,12-18H2,1H3;1H. The van der Waals surface area contributed by atoms with Gasteiger partial charge in [-0.2, -0.15) is 0 Å². The van der Waals surface area contributed by atoms with Crippen molar-refractivity contribution in [3.8, 4) is 5.75 Å². The zero-order valence-corrected chi connectivity index (χ0v) is 16.9. The first kappa shape index (κ1) is 22.9. The average Bonchev–Trinajstić information content (AvgIpc) is 2.67. The van der Waals surface area contributed by atoms with Crippen molar-refractivity contribution in [2.75, 3.05) is 39.5 Å². The van der Waals surface area contributed by atoms with Crippen LogP contribution in [-0.2, 0) is 4.74 Å². The summed E-state index contributed by atoms with van der Waals surface area (Å²) in [4.78, 5) is 14.6. The molecule has 1 aliphatic heterocycles. The van der Waals surface area contributed by atoms with E-state index in [1.165, 1.54) is 32.1 Å². The molecule has 1 heterocycles. The van der Waals surface area contributed by atoms with E-state index in [-0.39, 0.29) is 18.2 Å². The number of unbranched alkanes of at least 4 members (excludes halogenated alkanes) is 5. The van der Waals surface area contributed by atoms with E-state index in [0.29, 0.717) is 6.42 Å². The molecule has 26 heavy (non-hydrogen) atoms. The number of ether oxygens (including phenoxy) is 2. The van der Waals surface area contributed by atoms with Crippen molar-refractivity contribution in [2.45, 2.75) is 51.9 Å². The molecule has 0 spiro atoms. The number of hydrogen-bond acceptors (Lipinski definition) is 4. The van der Waals surface area contributed by atoms with Gasteiger partial charge in [-0.05, 0) is 30.7 Å². The van der Waals surface area contributed by atoms with E-state index in [0.717, 1.165) is 57.2 Å². The third-order valence-electron chi connectivity index (χ3n) is 4.70. The summed E-state index contributed by atoms with van der Waals surface area (Å²) in [6, 6.07) is 7.61. The lowest BCUT2D eigenvalue weighted by atomic mass is 10.1. The zero-order chi connectivity index (χ0) is 17.7. The van der Waals surface area contributed by atoms with E-state index >= 15 is 0 Å². The van der Waals surface area contributed by atoms with E-state index in [9.17, 15) is 4.79 Å². The van der Waals surface area contributed by atoms with Crippen LogP contribution in [0.15, 0.2) is 24.3 Å². The highest BCUT2D eigenvalue weighted by atomic mass is 35.5. The number of morpholine rings is 1. The smallest absolute Gasteiger partial charge is 0.164 e. The second-order valence-electron chi connectivity index (χ2n) is 6.77. The highest BCUT2D eigenvalue weighted by Gasteiger charge is 2.13. The minimum Gasteiger partial charge on any atom is -0.494 e. The molecule has 1 saturated heterocycles. The minimum atomic E-state index is 0. The molecule has 1 aliphatic rings. The van der Waals surface area contributed by atoms with Gasteiger partial charge in [-0.1, -0.05) is 39.0 Å². The number of Topliss-reactive ketones (excluding diaryl/α,β-unsaturated/α-hetero) is 1. The van der Waals surface area contributed by atoms with Crippen LogP contribution in [0.1, 0.15) is 62.2 Å². The Kier molecular flexibility index (Phi) is 12.4. The normalized spacial score (nSPS) is 14.7. The molecule has 0 saturated carbocycles. The summed E-state index contributed by atoms with van der Waals surface area (Å²) < 4.78 is 11.1. The summed E-state index contributed by atoms with van der Waals surface area (Å²) in [5.74, 6) is 1.06. The van der Waals surface area contributed by atoms with Gasteiger partial charge in [0.1, 0.15) is 5.75 Å². The predicted molar refractivity (Wildman–Crippen MR) is 109 cm³/mol. The molecule has 4 nitrogen and oxygen atoms in total. The minimum absolute atomic E-state index is 0. The van der Waals surface area contributed by atoms with Crippen LogP contribution in [0.4, 0.5) is 0 Å². The number of rotatable bonds is 12. The van der Waals surface area contributed by atoms with Crippen LogP contribution in [0.25, 0.3) is 0 Å². The molecule has 0 N–H and O–H groups in total. The average molecular weight is 384 g/mol. The quantitative estimate of drug-likeness (QED) is 0.385. The third-order valence-corrected chi connectivity index (χ3v) is 4.70. The van der Waals surface area contributed by atoms with Crippen molar-refractivity contribution in [3.05, 3.63) is 29.8 Å². The van der Waals surface area contributed by atoms with E-state index in [2.05, 4.69) is 11.8 Å². The molecule has 0 aliphatic carbocycles. The van der Waals surface area contributed by atoms with Gasteiger partial charge in [0.15, 0.2) is 5.78 Å². The zero-order valence-electron chi connectivity index (χ0n) is 16.1. The van der Waals surface area contributed by atoms with Gasteiger partial charge in [0, 0.05) is 31.6 Å². The van der Waals surface area contributed by atoms with E-state index < -0.39 is 0 Å². The lowest BCUT2D eigenvalue weighted by molar-refractivity contribution is 0.0370. The Hall–Kier alpha value is -1.10. The Bertz CT molecular complexity index is 487. The number of hydrogen-bond donors (Lipinski definition) is 0. The van der Waals surface area contributed by atoms with Crippen LogP contribution in [-0.4, -0.2) is 50.1 Å². The summed E-state index contributed by atoms with van der Waals surface area (Å²) in [7, 11) is 0. The lowest BCUT2D eigenvalue weighted by Crippen LogP contribution is -2.37. The molecule has 1 aromatic rings. The Morgan fingerprint density at radius 2 is 1.69 bits per heavy atom. The molecule has 2 rings (SSSR count). The highest BCUT2D eigenvalue weighted by molar-refractivity contribution is 5.96. The molecule has 0 bridgehead atoms. The molecule has 1 fully saturated rings. The van der Waals surface area contributed by atoms with Gasteiger partial charge in [-0.15, -0.1) is 12.4 Å². The largest absolute Gasteiger partial charge is 0.494 e. The lowest BCUT2D eigenvalue weighted by Gasteiger charge is -2.26. The van der Waals surface area contributed by atoms with Crippen LogP contribution in [0, 0.1) is 0 Å². The number of halogens is 1. The van der Waals surface area contributed by atoms with Gasteiger partial charge in [-0.3, -0.25) is 9.69 Å².